The van der Waals surface area contributed by atoms with E-state index in [9.17, 15) is 0 Å². The number of aromatic nitrogens is 2. The summed E-state index contributed by atoms with van der Waals surface area (Å²) >= 11 is 3.45. The highest BCUT2D eigenvalue weighted by Gasteiger charge is 2.03. The highest BCUT2D eigenvalue weighted by molar-refractivity contribution is 9.10. The van der Waals surface area contributed by atoms with Crippen molar-refractivity contribution < 1.29 is 0 Å². The first-order valence-electron chi connectivity index (χ1n) is 5.97. The van der Waals surface area contributed by atoms with Gasteiger partial charge in [-0.3, -0.25) is 4.98 Å². The zero-order valence-corrected chi connectivity index (χ0v) is 12.0. The maximum absolute atomic E-state index is 4.50. The van der Waals surface area contributed by atoms with Crippen LogP contribution in [0, 0.1) is 6.92 Å². The van der Waals surface area contributed by atoms with E-state index in [0.717, 1.165) is 32.4 Å². The van der Waals surface area contributed by atoms with Crippen LogP contribution in [0.3, 0.4) is 0 Å². The molecule has 2 heterocycles. The van der Waals surface area contributed by atoms with E-state index in [1.54, 1.807) is 6.20 Å². The molecule has 0 amide bonds. The van der Waals surface area contributed by atoms with Crippen molar-refractivity contribution in [1.82, 2.24) is 9.97 Å². The van der Waals surface area contributed by atoms with Crippen LogP contribution in [0.15, 0.2) is 53.3 Å². The SMILES string of the molecule is Cc1nc(Nc2cccc3ccncc23)ccc1Br. The fourth-order valence-corrected chi connectivity index (χ4v) is 2.19. The van der Waals surface area contributed by atoms with Crippen LogP contribution in [0.5, 0.6) is 0 Å². The van der Waals surface area contributed by atoms with Crippen molar-refractivity contribution >= 4 is 38.2 Å². The van der Waals surface area contributed by atoms with E-state index in [1.807, 2.05) is 43.5 Å². The fourth-order valence-electron chi connectivity index (χ4n) is 1.97. The molecule has 4 heteroatoms. The smallest absolute Gasteiger partial charge is 0.130 e. The molecule has 3 aromatic rings. The van der Waals surface area contributed by atoms with Gasteiger partial charge in [-0.1, -0.05) is 12.1 Å². The lowest BCUT2D eigenvalue weighted by molar-refractivity contribution is 1.18. The van der Waals surface area contributed by atoms with Crippen molar-refractivity contribution in [3.63, 3.8) is 0 Å². The molecular formula is C15H12BrN3. The minimum absolute atomic E-state index is 0.831. The third-order valence-corrected chi connectivity index (χ3v) is 3.81. The summed E-state index contributed by atoms with van der Waals surface area (Å²) in [6.45, 7) is 1.97. The molecule has 19 heavy (non-hydrogen) atoms. The van der Waals surface area contributed by atoms with Gasteiger partial charge in [0.05, 0.1) is 5.69 Å². The normalized spacial score (nSPS) is 10.6. The minimum atomic E-state index is 0.831. The Morgan fingerprint density at radius 3 is 2.84 bits per heavy atom. The van der Waals surface area contributed by atoms with Gasteiger partial charge in [0.15, 0.2) is 0 Å². The Hall–Kier alpha value is -1.94. The van der Waals surface area contributed by atoms with E-state index in [0.29, 0.717) is 0 Å². The number of rotatable bonds is 2. The molecule has 3 nitrogen and oxygen atoms in total. The molecule has 0 saturated carbocycles. The van der Waals surface area contributed by atoms with E-state index in [1.165, 1.54) is 0 Å². The molecule has 0 aliphatic heterocycles. The Morgan fingerprint density at radius 1 is 1.11 bits per heavy atom. The van der Waals surface area contributed by atoms with E-state index in [2.05, 4.69) is 37.3 Å². The second-order valence-electron chi connectivity index (χ2n) is 4.29. The first-order chi connectivity index (χ1) is 9.24. The van der Waals surface area contributed by atoms with Gasteiger partial charge in [-0.25, -0.2) is 4.98 Å². The number of anilines is 2. The van der Waals surface area contributed by atoms with Crippen LogP contribution in [0.25, 0.3) is 10.8 Å². The Bertz CT molecular complexity index is 735. The molecular weight excluding hydrogens is 302 g/mol. The van der Waals surface area contributed by atoms with Gasteiger partial charge in [0, 0.05) is 27.9 Å². The molecule has 0 atom stereocenters. The number of fused-ring (bicyclic) bond motifs is 1. The summed E-state index contributed by atoms with van der Waals surface area (Å²) in [4.78, 5) is 8.68. The zero-order valence-electron chi connectivity index (χ0n) is 10.4. The Morgan fingerprint density at radius 2 is 2.00 bits per heavy atom. The summed E-state index contributed by atoms with van der Waals surface area (Å²) in [6.07, 6.45) is 3.66. The summed E-state index contributed by atoms with van der Waals surface area (Å²) in [7, 11) is 0. The second kappa shape index (κ2) is 4.97. The molecule has 0 bridgehead atoms. The molecule has 2 aromatic heterocycles. The van der Waals surface area contributed by atoms with Gasteiger partial charge in [-0.05, 0) is 52.5 Å². The van der Waals surface area contributed by atoms with E-state index >= 15 is 0 Å². The number of pyridine rings is 2. The lowest BCUT2D eigenvalue weighted by atomic mass is 10.1. The van der Waals surface area contributed by atoms with Gasteiger partial charge in [0.25, 0.3) is 0 Å². The third-order valence-electron chi connectivity index (χ3n) is 2.97. The minimum Gasteiger partial charge on any atom is -0.340 e. The van der Waals surface area contributed by atoms with Gasteiger partial charge in [-0.15, -0.1) is 0 Å². The standard InChI is InChI=1S/C15H12BrN3/c1-10-13(16)5-6-15(18-10)19-14-4-2-3-11-7-8-17-9-12(11)14/h2-9H,1H3,(H,18,19). The number of hydrogen-bond donors (Lipinski definition) is 1. The molecule has 0 saturated heterocycles. The highest BCUT2D eigenvalue weighted by atomic mass is 79.9. The topological polar surface area (TPSA) is 37.8 Å². The van der Waals surface area contributed by atoms with Gasteiger partial charge < -0.3 is 5.32 Å². The van der Waals surface area contributed by atoms with E-state index in [4.69, 9.17) is 0 Å². The quantitative estimate of drug-likeness (QED) is 0.759. The average molecular weight is 314 g/mol. The monoisotopic (exact) mass is 313 g/mol. The van der Waals surface area contributed by atoms with Gasteiger partial charge in [0.1, 0.15) is 5.82 Å². The highest BCUT2D eigenvalue weighted by Crippen LogP contribution is 2.25. The van der Waals surface area contributed by atoms with Crippen molar-refractivity contribution in [3.8, 4) is 0 Å². The van der Waals surface area contributed by atoms with Crippen LogP contribution in [0.4, 0.5) is 11.5 Å². The van der Waals surface area contributed by atoms with Crippen molar-refractivity contribution in [2.75, 3.05) is 5.32 Å². The number of hydrogen-bond acceptors (Lipinski definition) is 3. The van der Waals surface area contributed by atoms with Crippen molar-refractivity contribution in [2.45, 2.75) is 6.92 Å². The molecule has 94 valence electrons. The largest absolute Gasteiger partial charge is 0.340 e. The Labute approximate surface area is 119 Å². The third kappa shape index (κ3) is 2.44. The number of nitrogens with zero attached hydrogens (tertiary/aromatic N) is 2. The maximum Gasteiger partial charge on any atom is 0.130 e. The first kappa shape index (κ1) is 12.1. The maximum atomic E-state index is 4.50. The predicted octanol–water partition coefficient (Wildman–Crippen LogP) is 4.44. The van der Waals surface area contributed by atoms with Crippen LogP contribution in [0.1, 0.15) is 5.69 Å². The van der Waals surface area contributed by atoms with Crippen molar-refractivity contribution in [1.29, 1.82) is 0 Å². The van der Waals surface area contributed by atoms with Crippen molar-refractivity contribution in [3.05, 3.63) is 59.0 Å². The van der Waals surface area contributed by atoms with Crippen LogP contribution in [-0.4, -0.2) is 9.97 Å². The Kier molecular flexibility index (Phi) is 3.17. The molecule has 1 N–H and O–H groups in total. The number of halogens is 1. The average Bonchev–Trinajstić information content (AvgIpc) is 2.43. The summed E-state index contributed by atoms with van der Waals surface area (Å²) in [5.41, 5.74) is 1.98. The molecule has 0 fully saturated rings. The molecule has 1 aromatic carbocycles. The molecule has 0 aliphatic carbocycles. The molecule has 0 aliphatic rings. The summed E-state index contributed by atoms with van der Waals surface area (Å²) in [6, 6.07) is 12.1. The molecule has 0 unspecified atom stereocenters. The van der Waals surface area contributed by atoms with Crippen LogP contribution < -0.4 is 5.32 Å². The van der Waals surface area contributed by atoms with Crippen LogP contribution in [0.2, 0.25) is 0 Å². The number of benzene rings is 1. The summed E-state index contributed by atoms with van der Waals surface area (Å²) in [5.74, 6) is 0.831. The van der Waals surface area contributed by atoms with E-state index < -0.39 is 0 Å². The fraction of sp³-hybridized carbons (Fsp3) is 0.0667. The number of aryl methyl sites for hydroxylation is 1. The predicted molar refractivity (Wildman–Crippen MR) is 81.7 cm³/mol. The molecule has 3 rings (SSSR count). The second-order valence-corrected chi connectivity index (χ2v) is 5.15. The summed E-state index contributed by atoms with van der Waals surface area (Å²) in [5, 5.41) is 5.59. The van der Waals surface area contributed by atoms with Gasteiger partial charge >= 0.3 is 0 Å². The van der Waals surface area contributed by atoms with Crippen LogP contribution in [-0.2, 0) is 0 Å². The number of nitrogens with one attached hydrogen (secondary N) is 1. The summed E-state index contributed by atoms with van der Waals surface area (Å²) < 4.78 is 1.01. The lowest BCUT2D eigenvalue weighted by Gasteiger charge is -2.09. The van der Waals surface area contributed by atoms with E-state index in [-0.39, 0.29) is 0 Å². The Balaban J connectivity index is 2.03. The lowest BCUT2D eigenvalue weighted by Crippen LogP contribution is -1.96. The van der Waals surface area contributed by atoms with Crippen molar-refractivity contribution in [2.24, 2.45) is 0 Å². The van der Waals surface area contributed by atoms with Gasteiger partial charge in [-0.2, -0.15) is 0 Å². The first-order valence-corrected chi connectivity index (χ1v) is 6.76. The van der Waals surface area contributed by atoms with Gasteiger partial charge in [0.2, 0.25) is 0 Å². The van der Waals surface area contributed by atoms with Crippen LogP contribution >= 0.6 is 15.9 Å². The molecule has 0 radical (unpaired) electrons. The zero-order chi connectivity index (χ0) is 13.2. The molecule has 0 spiro atoms.